The Balaban J connectivity index is -0.00000000167. The van der Waals surface area contributed by atoms with Gasteiger partial charge >= 0.3 is 30.0 Å². The van der Waals surface area contributed by atoms with Gasteiger partial charge in [-0.2, -0.15) is 0 Å². The Kier molecular flexibility index (Phi) is 5050. The van der Waals surface area contributed by atoms with Gasteiger partial charge in [-0.3, -0.25) is 0 Å². The van der Waals surface area contributed by atoms with Crippen LogP contribution in [0.25, 0.3) is 0 Å². The van der Waals surface area contributed by atoms with Crippen LogP contribution in [-0.2, 0) is 15.7 Å². The molecule has 0 saturated carbocycles. The third-order valence-corrected chi connectivity index (χ3v) is 0. The van der Waals surface area contributed by atoms with Crippen LogP contribution in [0.5, 0.6) is 0 Å². The first-order valence-electron chi connectivity index (χ1n) is 0.289. The predicted octanol–water partition coefficient (Wildman–Crippen LogP) is -1.39. The third kappa shape index (κ3) is 218. The van der Waals surface area contributed by atoms with Crippen molar-refractivity contribution in [2.45, 2.75) is 0 Å². The van der Waals surface area contributed by atoms with Gasteiger partial charge in [0.2, 0.25) is 0 Å². The van der Waals surface area contributed by atoms with Crippen molar-refractivity contribution < 1.29 is 15.7 Å². The van der Waals surface area contributed by atoms with Gasteiger partial charge in [0.25, 0.3) is 0 Å². The van der Waals surface area contributed by atoms with E-state index in [9.17, 15) is 0 Å². The van der Waals surface area contributed by atoms with E-state index < -0.39 is 0 Å². The Bertz CT molecular complexity index is 6.85. The minimum absolute atomic E-state index is 0. The average Bonchev–Trinajstić information content (AvgIpc) is 1.00. The normalized spacial score (nSPS) is 0.600. The third-order valence-electron chi connectivity index (χ3n) is 0. The van der Waals surface area contributed by atoms with Gasteiger partial charge in [-0.1, -0.05) is 0 Å². The molecule has 0 rings (SSSR count). The molecule has 0 fully saturated rings. The Morgan fingerprint density at radius 3 is 1.00 bits per heavy atom. The van der Waals surface area contributed by atoms with Crippen LogP contribution in [0.3, 0.4) is 0 Å². The predicted molar refractivity (Wildman–Crippen MR) is 15.0 cm³/mol. The Morgan fingerprint density at radius 2 is 1.00 bits per heavy atom. The van der Waals surface area contributed by atoms with E-state index in [1.807, 2.05) is 7.72 Å². The summed E-state index contributed by atoms with van der Waals surface area (Å²) < 4.78 is 8.00. The summed E-state index contributed by atoms with van der Waals surface area (Å²) in [6, 6.07) is 0. The molecule has 0 N–H and O–H groups in total. The van der Waals surface area contributed by atoms with Crippen LogP contribution in [0.4, 0.5) is 0 Å². The topological polar surface area (TPSA) is 74.1 Å². The summed E-state index contributed by atoms with van der Waals surface area (Å²) in [6.45, 7) is 0. The summed E-state index contributed by atoms with van der Waals surface area (Å²) in [5.74, 6) is 0. The van der Waals surface area contributed by atoms with Crippen LogP contribution in [0.2, 0.25) is 0 Å². The van der Waals surface area contributed by atoms with Crippen LogP contribution >= 0.6 is 0 Å². The summed E-state index contributed by atoms with van der Waals surface area (Å²) >= 11 is 0. The maximum absolute atomic E-state index is 8.00. The van der Waals surface area contributed by atoms with Crippen molar-refractivity contribution in [1.82, 2.24) is 0 Å². The van der Waals surface area contributed by atoms with Crippen LogP contribution in [0.15, 0.2) is 0 Å². The van der Waals surface area contributed by atoms with Crippen LogP contribution in [0, 0.1) is 0 Å². The van der Waals surface area contributed by atoms with Crippen molar-refractivity contribution in [3.05, 3.63) is 0 Å². The largest absolute Gasteiger partial charge is 4.00 e. The maximum atomic E-state index is 8.00. The zero-order valence-corrected chi connectivity index (χ0v) is 4.53. The van der Waals surface area contributed by atoms with Crippen molar-refractivity contribution in [3.63, 3.8) is 0 Å². The second-order valence-electron chi connectivity index (χ2n) is 0. The van der Waals surface area contributed by atoms with Gasteiger partial charge in [0.1, 0.15) is 0 Å². The second kappa shape index (κ2) is 446. The molecule has 0 aromatic rings. The molecule has 0 amide bonds. The first-order valence-corrected chi connectivity index (χ1v) is 0.289. The molecule has 5 heteroatoms. The van der Waals surface area contributed by atoms with E-state index in [-0.39, 0.29) is 28.5 Å². The molecule has 0 saturated heterocycles. The minimum atomic E-state index is 0. The summed E-state index contributed by atoms with van der Waals surface area (Å²) in [7, 11) is 2.00. The number of hydrogen-bond donors (Lipinski definition) is 0. The fraction of sp³-hybridized carbons (Fsp3) is 0. The van der Waals surface area contributed by atoms with E-state index in [1.54, 1.807) is 0 Å². The van der Waals surface area contributed by atoms with Gasteiger partial charge in [-0.05, 0) is 0 Å². The number of rotatable bonds is 0. The molecule has 0 bridgehead atoms. The van der Waals surface area contributed by atoms with Crippen molar-refractivity contribution in [2.24, 2.45) is 0 Å². The standard InChI is InChI=1S/BHO.Ge.2O/c1-2;;;/h1H;;;/q;+4;2*-2. The average molecular weight is 132 g/mol. The van der Waals surface area contributed by atoms with Gasteiger partial charge in [-0.25, -0.2) is 0 Å². The summed E-state index contributed by atoms with van der Waals surface area (Å²) in [5.41, 5.74) is 0. The maximum Gasteiger partial charge on any atom is 4.00 e. The second-order valence-corrected chi connectivity index (χ2v) is 0. The smallest absolute Gasteiger partial charge is 2.00 e. The molecular formula is HBGeO3. The van der Waals surface area contributed by atoms with E-state index in [2.05, 4.69) is 0 Å². The molecule has 0 radical (unpaired) electrons. The molecule has 0 spiro atoms. The fourth-order valence-corrected chi connectivity index (χ4v) is 0. The summed E-state index contributed by atoms with van der Waals surface area (Å²) in [6.07, 6.45) is 0. The van der Waals surface area contributed by atoms with Crippen molar-refractivity contribution in [2.75, 3.05) is 0 Å². The molecule has 0 aromatic carbocycles. The molecule has 0 heterocycles. The van der Waals surface area contributed by atoms with Crippen LogP contribution in [0.1, 0.15) is 0 Å². The fourth-order valence-electron chi connectivity index (χ4n) is 0. The van der Waals surface area contributed by atoms with E-state index >= 15 is 0 Å². The summed E-state index contributed by atoms with van der Waals surface area (Å²) in [5, 5.41) is 0. The van der Waals surface area contributed by atoms with Crippen molar-refractivity contribution in [3.8, 4) is 0 Å². The Hall–Kier alpha value is 0.328. The molecule has 5 heavy (non-hydrogen) atoms. The summed E-state index contributed by atoms with van der Waals surface area (Å²) in [4.78, 5) is 0. The molecule has 3 nitrogen and oxygen atoms in total. The van der Waals surface area contributed by atoms with Gasteiger partial charge < -0.3 is 11.0 Å². The van der Waals surface area contributed by atoms with Crippen LogP contribution in [-0.4, -0.2) is 25.3 Å². The first-order chi connectivity index (χ1) is 1.00. The minimum Gasteiger partial charge on any atom is -2.00 e. The van der Waals surface area contributed by atoms with E-state index in [0.717, 1.165) is 0 Å². The zero-order valence-electron chi connectivity index (χ0n) is 2.43. The molecule has 0 aliphatic heterocycles. The molecule has 0 aromatic heterocycles. The SMILES string of the molecule is B=O.[Ge+4].[O-2].[O-2]. The molecule has 26 valence electrons. The van der Waals surface area contributed by atoms with E-state index in [0.29, 0.717) is 0 Å². The molecule has 0 atom stereocenters. The van der Waals surface area contributed by atoms with Gasteiger partial charge in [0, 0.05) is 0 Å². The Labute approximate surface area is 41.8 Å². The Morgan fingerprint density at radius 1 is 1.00 bits per heavy atom. The van der Waals surface area contributed by atoms with Crippen molar-refractivity contribution >= 4 is 25.3 Å². The monoisotopic (exact) mass is 134 g/mol. The first kappa shape index (κ1) is 56.6. The van der Waals surface area contributed by atoms with Crippen LogP contribution < -0.4 is 0 Å². The number of hydrogen-bond acceptors (Lipinski definition) is 1. The molecule has 0 aliphatic carbocycles. The van der Waals surface area contributed by atoms with Gasteiger partial charge in [-0.15, -0.1) is 0 Å². The van der Waals surface area contributed by atoms with Gasteiger partial charge in [0.05, 0.1) is 0 Å². The molecular weight excluding hydrogens is 131 g/mol. The van der Waals surface area contributed by atoms with Crippen molar-refractivity contribution in [1.29, 1.82) is 0 Å². The van der Waals surface area contributed by atoms with E-state index in [1.165, 1.54) is 0 Å². The van der Waals surface area contributed by atoms with E-state index in [4.69, 9.17) is 4.70 Å². The quantitative estimate of drug-likeness (QED) is 0.374. The molecule has 0 unspecified atom stereocenters. The molecule has 0 aliphatic rings. The van der Waals surface area contributed by atoms with Gasteiger partial charge in [0.15, 0.2) is 0 Å². The zero-order chi connectivity index (χ0) is 2.00.